The maximum Gasteiger partial charge on any atom is 0.252 e. The van der Waals surface area contributed by atoms with E-state index in [1.54, 1.807) is 24.3 Å². The fourth-order valence-electron chi connectivity index (χ4n) is 1.40. The summed E-state index contributed by atoms with van der Waals surface area (Å²) in [6.45, 7) is 4.73. The molecule has 0 aliphatic heterocycles. The highest BCUT2D eigenvalue weighted by molar-refractivity contribution is 6.33. The molecule has 0 spiro atoms. The van der Waals surface area contributed by atoms with E-state index in [0.29, 0.717) is 23.0 Å². The lowest BCUT2D eigenvalue weighted by Crippen LogP contribution is -2.34. The van der Waals surface area contributed by atoms with E-state index in [9.17, 15) is 4.79 Å². The molecule has 1 rings (SSSR count). The van der Waals surface area contributed by atoms with Crippen molar-refractivity contribution < 1.29 is 4.79 Å². The van der Waals surface area contributed by atoms with Crippen molar-refractivity contribution in [3.63, 3.8) is 0 Å². The molecule has 0 atom stereocenters. The van der Waals surface area contributed by atoms with Crippen molar-refractivity contribution in [3.05, 3.63) is 34.9 Å². The van der Waals surface area contributed by atoms with Gasteiger partial charge < -0.3 is 5.32 Å². The van der Waals surface area contributed by atoms with Gasteiger partial charge in [0.15, 0.2) is 0 Å². The van der Waals surface area contributed by atoms with E-state index in [0.717, 1.165) is 6.42 Å². The second-order valence-corrected chi connectivity index (χ2v) is 5.55. The Kier molecular flexibility index (Phi) is 5.29. The predicted molar refractivity (Wildman–Crippen MR) is 72.9 cm³/mol. The molecule has 1 amide bonds. The largest absolute Gasteiger partial charge is 0.351 e. The van der Waals surface area contributed by atoms with Crippen LogP contribution in [0.2, 0.25) is 5.02 Å². The van der Waals surface area contributed by atoms with Gasteiger partial charge in [0.05, 0.1) is 10.6 Å². The number of hydrogen-bond acceptors (Lipinski definition) is 1. The number of halogens is 2. The standard InChI is InChI=1S/C13H17Cl2NO/c1-13(2,7-8-14)9-16-12(17)10-5-3-4-6-11(10)15/h3-6H,7-9H2,1-2H3,(H,16,17). The molecule has 0 unspecified atom stereocenters. The first-order valence-electron chi connectivity index (χ1n) is 5.55. The van der Waals surface area contributed by atoms with Crippen molar-refractivity contribution in [1.82, 2.24) is 5.32 Å². The van der Waals surface area contributed by atoms with Gasteiger partial charge in [-0.3, -0.25) is 4.79 Å². The minimum absolute atomic E-state index is 0.00132. The SMILES string of the molecule is CC(C)(CCCl)CNC(=O)c1ccccc1Cl. The maximum absolute atomic E-state index is 11.9. The van der Waals surface area contributed by atoms with E-state index in [1.807, 2.05) is 0 Å². The third-order valence-corrected chi connectivity index (χ3v) is 3.14. The van der Waals surface area contributed by atoms with Gasteiger partial charge in [0.2, 0.25) is 0 Å². The molecule has 0 radical (unpaired) electrons. The number of benzene rings is 1. The molecule has 0 aromatic heterocycles. The van der Waals surface area contributed by atoms with E-state index < -0.39 is 0 Å². The van der Waals surface area contributed by atoms with Gasteiger partial charge in [-0.2, -0.15) is 0 Å². The van der Waals surface area contributed by atoms with Crippen LogP contribution in [0.1, 0.15) is 30.6 Å². The van der Waals surface area contributed by atoms with Crippen LogP contribution in [0.25, 0.3) is 0 Å². The maximum atomic E-state index is 11.9. The van der Waals surface area contributed by atoms with Crippen molar-refractivity contribution in [3.8, 4) is 0 Å². The van der Waals surface area contributed by atoms with Gasteiger partial charge in [-0.05, 0) is 24.0 Å². The molecule has 0 aliphatic rings. The zero-order chi connectivity index (χ0) is 12.9. The molecule has 1 aromatic carbocycles. The fourth-order valence-corrected chi connectivity index (χ4v) is 2.14. The van der Waals surface area contributed by atoms with Crippen LogP contribution in [0.5, 0.6) is 0 Å². The average molecular weight is 274 g/mol. The number of carbonyl (C=O) groups is 1. The van der Waals surface area contributed by atoms with Crippen LogP contribution in [-0.2, 0) is 0 Å². The van der Waals surface area contributed by atoms with Crippen LogP contribution in [-0.4, -0.2) is 18.3 Å². The normalized spacial score (nSPS) is 11.3. The topological polar surface area (TPSA) is 29.1 Å². The van der Waals surface area contributed by atoms with E-state index in [1.165, 1.54) is 0 Å². The molecule has 1 aromatic rings. The minimum atomic E-state index is -0.141. The summed E-state index contributed by atoms with van der Waals surface area (Å²) in [6.07, 6.45) is 0.858. The molecule has 0 bridgehead atoms. The van der Waals surface area contributed by atoms with Gasteiger partial charge in [-0.25, -0.2) is 0 Å². The van der Waals surface area contributed by atoms with Gasteiger partial charge in [-0.15, -0.1) is 11.6 Å². The van der Waals surface area contributed by atoms with Gasteiger partial charge in [-0.1, -0.05) is 37.6 Å². The Morgan fingerprint density at radius 2 is 2.00 bits per heavy atom. The first kappa shape index (κ1) is 14.3. The minimum Gasteiger partial charge on any atom is -0.351 e. The van der Waals surface area contributed by atoms with Gasteiger partial charge >= 0.3 is 0 Å². The average Bonchev–Trinajstić information content (AvgIpc) is 2.27. The van der Waals surface area contributed by atoms with Crippen LogP contribution in [0.15, 0.2) is 24.3 Å². The van der Waals surface area contributed by atoms with E-state index >= 15 is 0 Å². The number of amides is 1. The van der Waals surface area contributed by atoms with Crippen molar-refractivity contribution in [1.29, 1.82) is 0 Å². The van der Waals surface area contributed by atoms with Gasteiger partial charge in [0.25, 0.3) is 5.91 Å². The Hall–Kier alpha value is -0.730. The zero-order valence-corrected chi connectivity index (χ0v) is 11.6. The second-order valence-electron chi connectivity index (χ2n) is 4.77. The van der Waals surface area contributed by atoms with Crippen molar-refractivity contribution in [2.45, 2.75) is 20.3 Å². The number of hydrogen-bond donors (Lipinski definition) is 1. The molecule has 0 heterocycles. The van der Waals surface area contributed by atoms with Crippen molar-refractivity contribution in [2.75, 3.05) is 12.4 Å². The zero-order valence-electron chi connectivity index (χ0n) is 10.1. The van der Waals surface area contributed by atoms with Crippen LogP contribution >= 0.6 is 23.2 Å². The van der Waals surface area contributed by atoms with Crippen molar-refractivity contribution in [2.24, 2.45) is 5.41 Å². The molecule has 0 saturated carbocycles. The Labute approximate surface area is 112 Å². The molecule has 0 saturated heterocycles. The number of carbonyl (C=O) groups excluding carboxylic acids is 1. The van der Waals surface area contributed by atoms with Crippen LogP contribution in [0.4, 0.5) is 0 Å². The highest BCUT2D eigenvalue weighted by atomic mass is 35.5. The molecule has 4 heteroatoms. The number of rotatable bonds is 5. The van der Waals surface area contributed by atoms with E-state index in [-0.39, 0.29) is 11.3 Å². The summed E-state index contributed by atoms with van der Waals surface area (Å²) < 4.78 is 0. The predicted octanol–water partition coefficient (Wildman–Crippen LogP) is 3.72. The summed E-state index contributed by atoms with van der Waals surface area (Å²) in [4.78, 5) is 11.9. The molecule has 0 fully saturated rings. The molecule has 1 N–H and O–H groups in total. The number of nitrogens with one attached hydrogen (secondary N) is 1. The Bertz CT molecular complexity index is 391. The monoisotopic (exact) mass is 273 g/mol. The Morgan fingerprint density at radius 3 is 2.59 bits per heavy atom. The highest BCUT2D eigenvalue weighted by Gasteiger charge is 2.19. The van der Waals surface area contributed by atoms with Crippen molar-refractivity contribution >= 4 is 29.1 Å². The molecule has 17 heavy (non-hydrogen) atoms. The molecule has 2 nitrogen and oxygen atoms in total. The lowest BCUT2D eigenvalue weighted by molar-refractivity contribution is 0.0936. The van der Waals surface area contributed by atoms with Gasteiger partial charge in [0.1, 0.15) is 0 Å². The molecular weight excluding hydrogens is 257 g/mol. The summed E-state index contributed by atoms with van der Waals surface area (Å²) in [7, 11) is 0. The Morgan fingerprint density at radius 1 is 1.35 bits per heavy atom. The summed E-state index contributed by atoms with van der Waals surface area (Å²) in [5, 5.41) is 3.36. The third kappa shape index (κ3) is 4.57. The number of alkyl halides is 1. The fraction of sp³-hybridized carbons (Fsp3) is 0.462. The van der Waals surface area contributed by atoms with Crippen LogP contribution in [0, 0.1) is 5.41 Å². The quantitative estimate of drug-likeness (QED) is 0.814. The first-order valence-corrected chi connectivity index (χ1v) is 6.46. The lowest BCUT2D eigenvalue weighted by Gasteiger charge is -2.23. The second kappa shape index (κ2) is 6.27. The summed E-state index contributed by atoms with van der Waals surface area (Å²) in [5.41, 5.74) is 0.509. The smallest absolute Gasteiger partial charge is 0.252 e. The highest BCUT2D eigenvalue weighted by Crippen LogP contribution is 2.20. The van der Waals surface area contributed by atoms with E-state index in [4.69, 9.17) is 23.2 Å². The molecule has 94 valence electrons. The molecular formula is C13H17Cl2NO. The summed E-state index contributed by atoms with van der Waals surface area (Å²) in [5.74, 6) is 0.452. The summed E-state index contributed by atoms with van der Waals surface area (Å²) in [6, 6.07) is 7.02. The van der Waals surface area contributed by atoms with Gasteiger partial charge in [0, 0.05) is 12.4 Å². The Balaban J connectivity index is 2.59. The third-order valence-electron chi connectivity index (χ3n) is 2.62. The first-order chi connectivity index (χ1) is 7.96. The lowest BCUT2D eigenvalue weighted by atomic mass is 9.90. The van der Waals surface area contributed by atoms with E-state index in [2.05, 4.69) is 19.2 Å². The van der Waals surface area contributed by atoms with Crippen LogP contribution in [0.3, 0.4) is 0 Å². The molecule has 0 aliphatic carbocycles. The van der Waals surface area contributed by atoms with Crippen LogP contribution < -0.4 is 5.32 Å². The summed E-state index contributed by atoms with van der Waals surface area (Å²) >= 11 is 11.7.